The first kappa shape index (κ1) is 16.2. The maximum Gasteiger partial charge on any atom is 0.234 e. The third-order valence-electron chi connectivity index (χ3n) is 3.40. The molecule has 0 saturated carbocycles. The molecule has 1 rings (SSSR count). The van der Waals surface area contributed by atoms with Crippen molar-refractivity contribution in [1.82, 2.24) is 4.90 Å². The van der Waals surface area contributed by atoms with Gasteiger partial charge in [-0.1, -0.05) is 40.2 Å². The second kappa shape index (κ2) is 5.66. The summed E-state index contributed by atoms with van der Waals surface area (Å²) in [5, 5.41) is 0.347. The molecule has 0 heterocycles. The van der Waals surface area contributed by atoms with Crippen molar-refractivity contribution in [1.29, 1.82) is 0 Å². The summed E-state index contributed by atoms with van der Waals surface area (Å²) in [6.45, 7) is 12.5. The Bertz CT molecular complexity index is 460. The minimum absolute atomic E-state index is 0.112. The topological polar surface area (TPSA) is 20.3 Å². The second-order valence-electron chi connectivity index (χ2n) is 6.41. The number of benzene rings is 1. The molecule has 3 heteroatoms. The molecule has 1 aromatic carbocycles. The van der Waals surface area contributed by atoms with E-state index in [4.69, 9.17) is 0 Å². The van der Waals surface area contributed by atoms with E-state index in [0.29, 0.717) is 5.33 Å². The number of halogens is 1. The Balaban J connectivity index is 3.36. The predicted octanol–water partition coefficient (Wildman–Crippen LogP) is 4.25. The molecule has 0 radical (unpaired) electrons. The molecule has 19 heavy (non-hydrogen) atoms. The Labute approximate surface area is 125 Å². The van der Waals surface area contributed by atoms with Gasteiger partial charge < -0.3 is 4.90 Å². The van der Waals surface area contributed by atoms with Gasteiger partial charge in [0.1, 0.15) is 0 Å². The van der Waals surface area contributed by atoms with Crippen LogP contribution in [-0.4, -0.2) is 21.7 Å². The Morgan fingerprint density at radius 3 is 2.11 bits per heavy atom. The number of carbonyl (C=O) groups is 1. The number of aryl methyl sites for hydroxylation is 1. The van der Waals surface area contributed by atoms with Gasteiger partial charge >= 0.3 is 0 Å². The molecule has 0 unspecified atom stereocenters. The zero-order chi connectivity index (χ0) is 14.8. The van der Waals surface area contributed by atoms with Crippen LogP contribution >= 0.6 is 15.9 Å². The molecule has 0 aliphatic carbocycles. The van der Waals surface area contributed by atoms with Gasteiger partial charge in [0.2, 0.25) is 5.91 Å². The largest absolute Gasteiger partial charge is 0.328 e. The van der Waals surface area contributed by atoms with Crippen LogP contribution in [0, 0.1) is 6.92 Å². The average molecular weight is 326 g/mol. The number of hydrogen-bond donors (Lipinski definition) is 0. The van der Waals surface area contributed by atoms with Crippen molar-refractivity contribution in [2.24, 2.45) is 0 Å². The van der Waals surface area contributed by atoms with Gasteiger partial charge in [-0.05, 0) is 52.7 Å². The summed E-state index contributed by atoms with van der Waals surface area (Å²) in [6.07, 6.45) is 0. The van der Waals surface area contributed by atoms with Crippen LogP contribution < -0.4 is 0 Å². The highest BCUT2D eigenvalue weighted by Crippen LogP contribution is 2.35. The summed E-state index contributed by atoms with van der Waals surface area (Å²) >= 11 is 3.30. The van der Waals surface area contributed by atoms with E-state index < -0.39 is 0 Å². The summed E-state index contributed by atoms with van der Waals surface area (Å²) in [5.74, 6) is 0.112. The zero-order valence-corrected chi connectivity index (χ0v) is 14.3. The SMILES string of the molecule is Cc1ccccc1C(C)(C)N(C(=O)CBr)C(C)(C)C. The Morgan fingerprint density at radius 2 is 1.68 bits per heavy atom. The van der Waals surface area contributed by atoms with E-state index in [2.05, 4.69) is 69.6 Å². The molecule has 0 spiro atoms. The van der Waals surface area contributed by atoms with Gasteiger partial charge in [-0.25, -0.2) is 0 Å². The summed E-state index contributed by atoms with van der Waals surface area (Å²) in [4.78, 5) is 14.3. The molecule has 0 bridgehead atoms. The molecule has 1 amide bonds. The highest BCUT2D eigenvalue weighted by atomic mass is 79.9. The van der Waals surface area contributed by atoms with Crippen molar-refractivity contribution < 1.29 is 4.79 Å². The molecule has 0 aliphatic heterocycles. The number of nitrogens with zero attached hydrogens (tertiary/aromatic N) is 1. The molecule has 106 valence electrons. The number of carbonyl (C=O) groups excluding carboxylic acids is 1. The van der Waals surface area contributed by atoms with Crippen LogP contribution in [0.3, 0.4) is 0 Å². The van der Waals surface area contributed by atoms with Crippen LogP contribution in [0.25, 0.3) is 0 Å². The van der Waals surface area contributed by atoms with Gasteiger partial charge in [0.15, 0.2) is 0 Å². The Morgan fingerprint density at radius 1 is 1.16 bits per heavy atom. The number of rotatable bonds is 3. The third kappa shape index (κ3) is 3.38. The molecule has 0 fully saturated rings. The summed E-state index contributed by atoms with van der Waals surface area (Å²) in [5.41, 5.74) is 1.84. The van der Waals surface area contributed by atoms with Crippen LogP contribution in [0.5, 0.6) is 0 Å². The van der Waals surface area contributed by atoms with Gasteiger partial charge in [-0.2, -0.15) is 0 Å². The van der Waals surface area contributed by atoms with E-state index in [1.807, 2.05) is 17.0 Å². The quantitative estimate of drug-likeness (QED) is 0.760. The van der Waals surface area contributed by atoms with E-state index in [1.165, 1.54) is 11.1 Å². The van der Waals surface area contributed by atoms with E-state index >= 15 is 0 Å². The summed E-state index contributed by atoms with van der Waals surface area (Å²) in [7, 11) is 0. The van der Waals surface area contributed by atoms with Crippen molar-refractivity contribution >= 4 is 21.8 Å². The molecule has 0 aliphatic rings. The van der Waals surface area contributed by atoms with E-state index in [0.717, 1.165) is 0 Å². The number of alkyl halides is 1. The van der Waals surface area contributed by atoms with Crippen molar-refractivity contribution in [3.8, 4) is 0 Å². The fourth-order valence-corrected chi connectivity index (χ4v) is 3.21. The van der Waals surface area contributed by atoms with Crippen LogP contribution in [0.2, 0.25) is 0 Å². The lowest BCUT2D eigenvalue weighted by molar-refractivity contribution is -0.141. The first-order chi connectivity index (χ1) is 8.62. The lowest BCUT2D eigenvalue weighted by Gasteiger charge is -2.48. The van der Waals surface area contributed by atoms with Crippen molar-refractivity contribution in [3.63, 3.8) is 0 Å². The van der Waals surface area contributed by atoms with Crippen molar-refractivity contribution in [2.75, 3.05) is 5.33 Å². The molecule has 0 aromatic heterocycles. The highest BCUT2D eigenvalue weighted by Gasteiger charge is 2.39. The molecular weight excluding hydrogens is 302 g/mol. The first-order valence-electron chi connectivity index (χ1n) is 6.57. The number of hydrogen-bond acceptors (Lipinski definition) is 1. The van der Waals surface area contributed by atoms with E-state index in [1.54, 1.807) is 0 Å². The lowest BCUT2D eigenvalue weighted by Crippen LogP contribution is -2.56. The predicted molar refractivity (Wildman–Crippen MR) is 84.6 cm³/mol. The average Bonchev–Trinajstić information content (AvgIpc) is 2.26. The van der Waals surface area contributed by atoms with Crippen molar-refractivity contribution in [3.05, 3.63) is 35.4 Å². The van der Waals surface area contributed by atoms with Crippen LogP contribution in [0.1, 0.15) is 45.7 Å². The second-order valence-corrected chi connectivity index (χ2v) is 6.97. The first-order valence-corrected chi connectivity index (χ1v) is 7.69. The smallest absolute Gasteiger partial charge is 0.234 e. The van der Waals surface area contributed by atoms with Gasteiger partial charge in [0, 0.05) is 5.54 Å². The van der Waals surface area contributed by atoms with E-state index in [9.17, 15) is 4.79 Å². The monoisotopic (exact) mass is 325 g/mol. The fraction of sp³-hybridized carbons (Fsp3) is 0.562. The van der Waals surface area contributed by atoms with Crippen molar-refractivity contribution in [2.45, 2.75) is 52.6 Å². The van der Waals surface area contributed by atoms with Gasteiger partial charge in [0.05, 0.1) is 10.9 Å². The number of amides is 1. The molecule has 0 saturated heterocycles. The van der Waals surface area contributed by atoms with Crippen LogP contribution in [0.15, 0.2) is 24.3 Å². The minimum atomic E-state index is -0.339. The minimum Gasteiger partial charge on any atom is -0.328 e. The molecule has 2 nitrogen and oxygen atoms in total. The van der Waals surface area contributed by atoms with Crippen LogP contribution in [0.4, 0.5) is 0 Å². The zero-order valence-electron chi connectivity index (χ0n) is 12.7. The van der Waals surface area contributed by atoms with Crippen LogP contribution in [-0.2, 0) is 10.3 Å². The Hall–Kier alpha value is -0.830. The Kier molecular flexibility index (Phi) is 4.83. The maximum absolute atomic E-state index is 12.4. The molecule has 0 atom stereocenters. The standard InChI is InChI=1S/C16H24BrNO/c1-12-9-7-8-10-13(12)16(5,6)18(14(19)11-17)15(2,3)4/h7-10H,11H2,1-6H3. The third-order valence-corrected chi connectivity index (χ3v) is 3.88. The molecule has 0 N–H and O–H groups in total. The maximum atomic E-state index is 12.4. The lowest BCUT2D eigenvalue weighted by atomic mass is 9.85. The van der Waals surface area contributed by atoms with Gasteiger partial charge in [0.25, 0.3) is 0 Å². The summed E-state index contributed by atoms with van der Waals surface area (Å²) < 4.78 is 0. The molecule has 1 aromatic rings. The highest BCUT2D eigenvalue weighted by molar-refractivity contribution is 9.09. The van der Waals surface area contributed by atoms with Gasteiger partial charge in [-0.15, -0.1) is 0 Å². The van der Waals surface area contributed by atoms with Gasteiger partial charge in [-0.3, -0.25) is 4.79 Å². The fourth-order valence-electron chi connectivity index (χ4n) is 2.96. The summed E-state index contributed by atoms with van der Waals surface area (Å²) in [6, 6.07) is 8.26. The normalized spacial score (nSPS) is 12.4. The van der Waals surface area contributed by atoms with E-state index in [-0.39, 0.29) is 17.0 Å². The molecular formula is C16H24BrNO.